The highest BCUT2D eigenvalue weighted by Crippen LogP contribution is 2.27. The Labute approximate surface area is 181 Å². The molecule has 7 nitrogen and oxygen atoms in total. The predicted octanol–water partition coefficient (Wildman–Crippen LogP) is 4.47. The van der Waals surface area contributed by atoms with Crippen LogP contribution in [0.15, 0.2) is 65.5 Å². The molecule has 4 aromatic rings. The van der Waals surface area contributed by atoms with Crippen molar-refractivity contribution in [1.29, 1.82) is 0 Å². The fourth-order valence-corrected chi connectivity index (χ4v) is 3.31. The third kappa shape index (κ3) is 4.58. The number of rotatable bonds is 6. The van der Waals surface area contributed by atoms with Gasteiger partial charge in [0, 0.05) is 25.6 Å². The van der Waals surface area contributed by atoms with Crippen LogP contribution in [0.1, 0.15) is 21.9 Å². The number of imidazole rings is 1. The van der Waals surface area contributed by atoms with Crippen molar-refractivity contribution >= 4 is 5.91 Å². The zero-order chi connectivity index (χ0) is 22.9. The van der Waals surface area contributed by atoms with Gasteiger partial charge in [0.05, 0.1) is 17.8 Å². The summed E-state index contributed by atoms with van der Waals surface area (Å²) in [5.41, 5.74) is 1.36. The maximum absolute atomic E-state index is 13.3. The van der Waals surface area contributed by atoms with Gasteiger partial charge >= 0.3 is 6.18 Å². The molecule has 1 amide bonds. The van der Waals surface area contributed by atoms with E-state index < -0.39 is 18.6 Å². The van der Waals surface area contributed by atoms with Crippen LogP contribution >= 0.6 is 0 Å². The summed E-state index contributed by atoms with van der Waals surface area (Å²) >= 11 is 0. The van der Waals surface area contributed by atoms with Gasteiger partial charge < -0.3 is 13.9 Å². The molecule has 0 atom stereocenters. The molecular formula is C22H20F3N5O2. The van der Waals surface area contributed by atoms with Gasteiger partial charge in [-0.1, -0.05) is 18.2 Å². The van der Waals surface area contributed by atoms with Gasteiger partial charge in [0.25, 0.3) is 5.91 Å². The number of nitrogens with zero attached hydrogens (tertiary/aromatic N) is 5. The van der Waals surface area contributed by atoms with E-state index in [9.17, 15) is 18.0 Å². The van der Waals surface area contributed by atoms with Crippen molar-refractivity contribution in [1.82, 2.24) is 24.2 Å². The van der Waals surface area contributed by atoms with Crippen molar-refractivity contribution in [2.75, 3.05) is 7.05 Å². The van der Waals surface area contributed by atoms with E-state index in [1.807, 2.05) is 30.3 Å². The van der Waals surface area contributed by atoms with E-state index in [4.69, 9.17) is 4.42 Å². The van der Waals surface area contributed by atoms with E-state index in [2.05, 4.69) is 10.1 Å². The first-order valence-electron chi connectivity index (χ1n) is 9.75. The molecule has 0 aliphatic rings. The number of para-hydroxylation sites is 1. The first-order chi connectivity index (χ1) is 15.2. The lowest BCUT2D eigenvalue weighted by molar-refractivity contribution is -0.141. The van der Waals surface area contributed by atoms with Crippen LogP contribution in [0.25, 0.3) is 17.1 Å². The molecule has 3 aromatic heterocycles. The van der Waals surface area contributed by atoms with Gasteiger partial charge in [-0.3, -0.25) is 4.79 Å². The molecule has 0 aliphatic heterocycles. The smallest absolute Gasteiger partial charge is 0.406 e. The highest BCUT2D eigenvalue weighted by molar-refractivity contribution is 5.99. The standard InChI is InChI=1S/C22H20F3N5O2/c1-15-8-9-18(32-15)20-17(12-30(27-20)16-6-4-3-5-7-16)21(31)28(2)13-19-26-10-11-29(19)14-22(23,24)25/h3-12H,13-14H2,1-2H3. The second-order valence-electron chi connectivity index (χ2n) is 7.33. The van der Waals surface area contributed by atoms with E-state index in [0.717, 1.165) is 10.3 Å². The molecule has 32 heavy (non-hydrogen) atoms. The number of hydrogen-bond acceptors (Lipinski definition) is 4. The van der Waals surface area contributed by atoms with E-state index in [0.29, 0.717) is 17.2 Å². The molecule has 0 radical (unpaired) electrons. The number of furan rings is 1. The lowest BCUT2D eigenvalue weighted by atomic mass is 10.2. The van der Waals surface area contributed by atoms with E-state index in [1.54, 1.807) is 29.9 Å². The fourth-order valence-electron chi connectivity index (χ4n) is 3.31. The average Bonchev–Trinajstić information content (AvgIpc) is 3.47. The lowest BCUT2D eigenvalue weighted by Gasteiger charge is -2.18. The third-order valence-corrected chi connectivity index (χ3v) is 4.82. The summed E-state index contributed by atoms with van der Waals surface area (Å²) in [6, 6.07) is 12.7. The number of carbonyl (C=O) groups is 1. The number of aryl methyl sites for hydroxylation is 1. The molecule has 0 aliphatic carbocycles. The molecule has 0 spiro atoms. The minimum Gasteiger partial charge on any atom is -0.460 e. The summed E-state index contributed by atoms with van der Waals surface area (Å²) in [6.45, 7) is 0.508. The van der Waals surface area contributed by atoms with Crippen molar-refractivity contribution in [3.63, 3.8) is 0 Å². The highest BCUT2D eigenvalue weighted by Gasteiger charge is 2.30. The molecule has 3 heterocycles. The molecule has 4 rings (SSSR count). The molecule has 10 heteroatoms. The summed E-state index contributed by atoms with van der Waals surface area (Å²) in [5.74, 6) is 0.796. The molecule has 166 valence electrons. The largest absolute Gasteiger partial charge is 0.460 e. The van der Waals surface area contributed by atoms with Crippen molar-refractivity contribution < 1.29 is 22.4 Å². The monoisotopic (exact) mass is 443 g/mol. The zero-order valence-corrected chi connectivity index (χ0v) is 17.4. The van der Waals surface area contributed by atoms with Gasteiger partial charge in [-0.2, -0.15) is 18.3 Å². The zero-order valence-electron chi connectivity index (χ0n) is 17.4. The maximum Gasteiger partial charge on any atom is 0.406 e. The average molecular weight is 443 g/mol. The lowest BCUT2D eigenvalue weighted by Crippen LogP contribution is -2.29. The summed E-state index contributed by atoms with van der Waals surface area (Å²) in [5, 5.41) is 4.54. The Kier molecular flexibility index (Phi) is 5.60. The normalized spacial score (nSPS) is 11.7. The summed E-state index contributed by atoms with van der Waals surface area (Å²) in [6.07, 6.45) is -0.280. The Morgan fingerprint density at radius 3 is 2.56 bits per heavy atom. The Morgan fingerprint density at radius 1 is 1.16 bits per heavy atom. The summed E-state index contributed by atoms with van der Waals surface area (Å²) in [7, 11) is 1.51. The van der Waals surface area contributed by atoms with Gasteiger partial charge in [-0.15, -0.1) is 0 Å². The SMILES string of the molecule is Cc1ccc(-c2nn(-c3ccccc3)cc2C(=O)N(C)Cc2nccn2CC(F)(F)F)o1. The Bertz CT molecular complexity index is 1220. The van der Waals surface area contributed by atoms with Gasteiger partial charge in [-0.05, 0) is 31.2 Å². The summed E-state index contributed by atoms with van der Waals surface area (Å²) < 4.78 is 46.7. The second kappa shape index (κ2) is 8.37. The fraction of sp³-hybridized carbons (Fsp3) is 0.227. The third-order valence-electron chi connectivity index (χ3n) is 4.82. The van der Waals surface area contributed by atoms with Crippen LogP contribution in [0.2, 0.25) is 0 Å². The first kappa shape index (κ1) is 21.4. The second-order valence-corrected chi connectivity index (χ2v) is 7.33. The maximum atomic E-state index is 13.3. The van der Waals surface area contributed by atoms with E-state index in [-0.39, 0.29) is 17.9 Å². The van der Waals surface area contributed by atoms with Crippen LogP contribution in [-0.2, 0) is 13.1 Å². The van der Waals surface area contributed by atoms with Crippen molar-refractivity contribution in [2.45, 2.75) is 26.2 Å². The quantitative estimate of drug-likeness (QED) is 0.441. The van der Waals surface area contributed by atoms with Gasteiger partial charge in [0.1, 0.15) is 23.8 Å². The van der Waals surface area contributed by atoms with Gasteiger partial charge in [0.15, 0.2) is 5.76 Å². The number of benzene rings is 1. The van der Waals surface area contributed by atoms with E-state index >= 15 is 0 Å². The van der Waals surface area contributed by atoms with Gasteiger partial charge in [-0.25, -0.2) is 9.67 Å². The minimum atomic E-state index is -4.39. The van der Waals surface area contributed by atoms with Crippen LogP contribution in [0.4, 0.5) is 13.2 Å². The Hall–Kier alpha value is -3.82. The number of aromatic nitrogens is 4. The van der Waals surface area contributed by atoms with Crippen molar-refractivity contribution in [2.24, 2.45) is 0 Å². The van der Waals surface area contributed by atoms with Crippen LogP contribution in [-0.4, -0.2) is 43.4 Å². The molecule has 0 bridgehead atoms. The van der Waals surface area contributed by atoms with Crippen LogP contribution in [0.5, 0.6) is 0 Å². The number of carbonyl (C=O) groups excluding carboxylic acids is 1. The molecular weight excluding hydrogens is 423 g/mol. The highest BCUT2D eigenvalue weighted by atomic mass is 19.4. The molecule has 0 fully saturated rings. The number of hydrogen-bond donors (Lipinski definition) is 0. The Morgan fingerprint density at radius 2 is 1.91 bits per heavy atom. The number of halogens is 3. The number of amides is 1. The van der Waals surface area contributed by atoms with Crippen LogP contribution in [0.3, 0.4) is 0 Å². The van der Waals surface area contributed by atoms with Crippen LogP contribution in [0, 0.1) is 6.92 Å². The molecule has 0 saturated carbocycles. The van der Waals surface area contributed by atoms with Crippen LogP contribution < -0.4 is 0 Å². The van der Waals surface area contributed by atoms with Crippen molar-refractivity contribution in [3.8, 4) is 17.1 Å². The summed E-state index contributed by atoms with van der Waals surface area (Å²) in [4.78, 5) is 18.6. The molecule has 0 N–H and O–H groups in total. The van der Waals surface area contributed by atoms with Crippen molar-refractivity contribution in [3.05, 3.63) is 78.2 Å². The molecule has 0 unspecified atom stereocenters. The molecule has 0 saturated heterocycles. The Balaban J connectivity index is 1.66. The minimum absolute atomic E-state index is 0.102. The van der Waals surface area contributed by atoms with E-state index in [1.165, 1.54) is 24.3 Å². The predicted molar refractivity (Wildman–Crippen MR) is 110 cm³/mol. The van der Waals surface area contributed by atoms with Gasteiger partial charge in [0.2, 0.25) is 0 Å². The molecule has 1 aromatic carbocycles. The first-order valence-corrected chi connectivity index (χ1v) is 9.75. The topological polar surface area (TPSA) is 69.1 Å². The number of alkyl halides is 3.